The van der Waals surface area contributed by atoms with Crippen molar-refractivity contribution < 1.29 is 0 Å². The predicted octanol–water partition coefficient (Wildman–Crippen LogP) is 2.71. The van der Waals surface area contributed by atoms with Crippen molar-refractivity contribution in [1.82, 2.24) is 9.38 Å². The summed E-state index contributed by atoms with van der Waals surface area (Å²) in [5, 5.41) is 2.32. The van der Waals surface area contributed by atoms with Crippen molar-refractivity contribution in [3.05, 3.63) is 46.8 Å². The summed E-state index contributed by atoms with van der Waals surface area (Å²) in [7, 11) is 0. The van der Waals surface area contributed by atoms with Gasteiger partial charge < -0.3 is 10.1 Å². The molecular formula is C12H10BrN3. The summed E-state index contributed by atoms with van der Waals surface area (Å²) in [6, 6.07) is 8.27. The lowest BCUT2D eigenvalue weighted by atomic mass is 10.2. The van der Waals surface area contributed by atoms with Crippen LogP contribution >= 0.6 is 15.9 Å². The molecule has 0 aliphatic rings. The molecule has 0 amide bonds. The second-order valence-electron chi connectivity index (χ2n) is 3.71. The standard InChI is InChI=1S/C12H10BrN3/c13-9-1-2-11-8(5-9)3-4-16-7-10(6-14)15-12(11)16/h1-5,7H,6,14H2. The second kappa shape index (κ2) is 3.57. The topological polar surface area (TPSA) is 43.3 Å². The highest BCUT2D eigenvalue weighted by Crippen LogP contribution is 2.23. The normalized spacial score (nSPS) is 11.4. The van der Waals surface area contributed by atoms with Crippen molar-refractivity contribution in [2.45, 2.75) is 6.54 Å². The van der Waals surface area contributed by atoms with E-state index in [0.717, 1.165) is 21.2 Å². The molecule has 0 saturated heterocycles. The van der Waals surface area contributed by atoms with E-state index in [9.17, 15) is 0 Å². The summed E-state index contributed by atoms with van der Waals surface area (Å²) < 4.78 is 3.09. The molecule has 2 aromatic heterocycles. The van der Waals surface area contributed by atoms with E-state index < -0.39 is 0 Å². The molecule has 3 aromatic rings. The Kier molecular flexibility index (Phi) is 2.19. The zero-order valence-electron chi connectivity index (χ0n) is 8.52. The first-order chi connectivity index (χ1) is 7.78. The molecule has 2 heterocycles. The van der Waals surface area contributed by atoms with Crippen LogP contribution in [0, 0.1) is 0 Å². The van der Waals surface area contributed by atoms with Gasteiger partial charge in [-0.05, 0) is 29.7 Å². The maximum atomic E-state index is 5.60. The van der Waals surface area contributed by atoms with Gasteiger partial charge in [0.05, 0.1) is 5.69 Å². The van der Waals surface area contributed by atoms with Gasteiger partial charge in [0.15, 0.2) is 0 Å². The molecule has 16 heavy (non-hydrogen) atoms. The van der Waals surface area contributed by atoms with Crippen LogP contribution in [0.4, 0.5) is 0 Å². The number of pyridine rings is 1. The molecule has 4 heteroatoms. The molecule has 0 aliphatic heterocycles. The third kappa shape index (κ3) is 1.42. The fourth-order valence-corrected chi connectivity index (χ4v) is 2.27. The van der Waals surface area contributed by atoms with Gasteiger partial charge in [-0.15, -0.1) is 0 Å². The zero-order valence-corrected chi connectivity index (χ0v) is 10.1. The molecule has 0 fully saturated rings. The Hall–Kier alpha value is -1.39. The van der Waals surface area contributed by atoms with Gasteiger partial charge in [-0.1, -0.05) is 15.9 Å². The largest absolute Gasteiger partial charge is 0.325 e. The molecule has 3 nitrogen and oxygen atoms in total. The van der Waals surface area contributed by atoms with Crippen LogP contribution in [0.25, 0.3) is 16.4 Å². The van der Waals surface area contributed by atoms with Gasteiger partial charge in [-0.25, -0.2) is 4.98 Å². The van der Waals surface area contributed by atoms with Crippen molar-refractivity contribution in [3.63, 3.8) is 0 Å². The van der Waals surface area contributed by atoms with Crippen LogP contribution in [0.5, 0.6) is 0 Å². The van der Waals surface area contributed by atoms with Crippen molar-refractivity contribution in [2.75, 3.05) is 0 Å². The number of rotatable bonds is 1. The molecule has 2 N–H and O–H groups in total. The number of benzene rings is 1. The van der Waals surface area contributed by atoms with Crippen LogP contribution < -0.4 is 5.73 Å². The Balaban J connectivity index is 2.43. The lowest BCUT2D eigenvalue weighted by molar-refractivity contribution is 1.02. The Bertz CT molecular complexity index is 672. The van der Waals surface area contributed by atoms with E-state index in [1.54, 1.807) is 0 Å². The number of nitrogens with two attached hydrogens (primary N) is 1. The quantitative estimate of drug-likeness (QED) is 0.742. The molecule has 0 atom stereocenters. The molecule has 0 saturated carbocycles. The van der Waals surface area contributed by atoms with Crippen molar-refractivity contribution in [3.8, 4) is 0 Å². The monoisotopic (exact) mass is 275 g/mol. The Morgan fingerprint density at radius 3 is 3.00 bits per heavy atom. The number of fused-ring (bicyclic) bond motifs is 3. The van der Waals surface area contributed by atoms with Crippen molar-refractivity contribution >= 4 is 32.3 Å². The highest BCUT2D eigenvalue weighted by Gasteiger charge is 2.04. The highest BCUT2D eigenvalue weighted by atomic mass is 79.9. The number of halogens is 1. The molecule has 3 rings (SSSR count). The average molecular weight is 276 g/mol. The number of aromatic nitrogens is 2. The highest BCUT2D eigenvalue weighted by molar-refractivity contribution is 9.10. The summed E-state index contributed by atoms with van der Waals surface area (Å²) in [5.74, 6) is 0. The van der Waals surface area contributed by atoms with E-state index in [0.29, 0.717) is 6.54 Å². The summed E-state index contributed by atoms with van der Waals surface area (Å²) in [5.41, 5.74) is 7.47. The Labute approximate surface area is 101 Å². The van der Waals surface area contributed by atoms with Crippen LogP contribution in [-0.4, -0.2) is 9.38 Å². The minimum atomic E-state index is 0.472. The first kappa shape index (κ1) is 9.81. The van der Waals surface area contributed by atoms with E-state index in [1.807, 2.05) is 22.9 Å². The summed E-state index contributed by atoms with van der Waals surface area (Å²) >= 11 is 3.47. The number of imidazole rings is 1. The van der Waals surface area contributed by atoms with E-state index in [-0.39, 0.29) is 0 Å². The first-order valence-electron chi connectivity index (χ1n) is 5.04. The van der Waals surface area contributed by atoms with E-state index in [1.165, 1.54) is 5.39 Å². The lowest BCUT2D eigenvalue weighted by Gasteiger charge is -2.00. The fourth-order valence-electron chi connectivity index (χ4n) is 1.89. The molecule has 1 aromatic carbocycles. The predicted molar refractivity (Wildman–Crippen MR) is 68.3 cm³/mol. The van der Waals surface area contributed by atoms with E-state index in [2.05, 4.69) is 39.1 Å². The van der Waals surface area contributed by atoms with Gasteiger partial charge in [-0.3, -0.25) is 0 Å². The van der Waals surface area contributed by atoms with Crippen molar-refractivity contribution in [2.24, 2.45) is 5.73 Å². The molecule has 0 aliphatic carbocycles. The molecule has 0 bridgehead atoms. The Morgan fingerprint density at radius 1 is 1.31 bits per heavy atom. The van der Waals surface area contributed by atoms with E-state index >= 15 is 0 Å². The molecular weight excluding hydrogens is 266 g/mol. The minimum Gasteiger partial charge on any atom is -0.325 e. The van der Waals surface area contributed by atoms with Crippen molar-refractivity contribution in [1.29, 1.82) is 0 Å². The summed E-state index contributed by atoms with van der Waals surface area (Å²) in [6.07, 6.45) is 3.98. The van der Waals surface area contributed by atoms with Gasteiger partial charge in [-0.2, -0.15) is 0 Å². The molecule has 0 radical (unpaired) electrons. The summed E-state index contributed by atoms with van der Waals surface area (Å²) in [4.78, 5) is 4.51. The van der Waals surface area contributed by atoms with Crippen LogP contribution in [0.2, 0.25) is 0 Å². The smallest absolute Gasteiger partial charge is 0.144 e. The van der Waals surface area contributed by atoms with Crippen LogP contribution in [0.1, 0.15) is 5.69 Å². The van der Waals surface area contributed by atoms with E-state index in [4.69, 9.17) is 5.73 Å². The van der Waals surface area contributed by atoms with Crippen LogP contribution in [0.15, 0.2) is 41.1 Å². The molecule has 80 valence electrons. The van der Waals surface area contributed by atoms with Gasteiger partial charge in [0.2, 0.25) is 0 Å². The number of hydrogen-bond donors (Lipinski definition) is 1. The first-order valence-corrected chi connectivity index (χ1v) is 5.83. The van der Waals surface area contributed by atoms with Gasteiger partial charge in [0.25, 0.3) is 0 Å². The minimum absolute atomic E-state index is 0.472. The maximum absolute atomic E-state index is 5.60. The van der Waals surface area contributed by atoms with Gasteiger partial charge >= 0.3 is 0 Å². The maximum Gasteiger partial charge on any atom is 0.144 e. The third-order valence-electron chi connectivity index (χ3n) is 2.66. The van der Waals surface area contributed by atoms with Gasteiger partial charge in [0.1, 0.15) is 5.65 Å². The average Bonchev–Trinajstić information content (AvgIpc) is 2.71. The third-order valence-corrected chi connectivity index (χ3v) is 3.15. The molecule has 0 unspecified atom stereocenters. The lowest BCUT2D eigenvalue weighted by Crippen LogP contribution is -1.95. The SMILES string of the molecule is NCc1cn2ccc3cc(Br)ccc3c2n1. The number of hydrogen-bond acceptors (Lipinski definition) is 2. The summed E-state index contributed by atoms with van der Waals surface area (Å²) in [6.45, 7) is 0.472. The second-order valence-corrected chi connectivity index (χ2v) is 4.63. The Morgan fingerprint density at radius 2 is 2.19 bits per heavy atom. The van der Waals surface area contributed by atoms with Gasteiger partial charge in [0, 0.05) is 28.8 Å². The number of nitrogens with zero attached hydrogens (tertiary/aromatic N) is 2. The fraction of sp³-hybridized carbons (Fsp3) is 0.0833. The van der Waals surface area contributed by atoms with Crippen LogP contribution in [-0.2, 0) is 6.54 Å². The molecule has 0 spiro atoms. The zero-order chi connectivity index (χ0) is 11.1. The van der Waals surface area contributed by atoms with Crippen LogP contribution in [0.3, 0.4) is 0 Å².